The summed E-state index contributed by atoms with van der Waals surface area (Å²) in [5.74, 6) is 0.508. The highest BCUT2D eigenvalue weighted by atomic mass is 32.2. The van der Waals surface area contributed by atoms with Crippen molar-refractivity contribution < 1.29 is 8.42 Å². The van der Waals surface area contributed by atoms with Gasteiger partial charge in [-0.1, -0.05) is 20.3 Å². The normalized spacial score (nSPS) is 20.8. The molecule has 0 bridgehead atoms. The third-order valence-electron chi connectivity index (χ3n) is 4.09. The average Bonchev–Trinajstić information content (AvgIpc) is 2.97. The van der Waals surface area contributed by atoms with Crippen LogP contribution in [0.3, 0.4) is 0 Å². The lowest BCUT2D eigenvalue weighted by Gasteiger charge is -2.31. The number of hydrogen-bond acceptors (Lipinski definition) is 4. The Morgan fingerprint density at radius 3 is 2.95 bits per heavy atom. The molecule has 1 aromatic rings. The summed E-state index contributed by atoms with van der Waals surface area (Å²) in [6, 6.07) is 1.76. The molecule has 0 spiro atoms. The van der Waals surface area contributed by atoms with E-state index in [2.05, 4.69) is 19.2 Å². The standard InChI is InChI=1S/C15H26N2O2S2/c1-3-8-16-11-14-15(7-10-20-14)21(18,19)17-9-5-6-13(4-2)12-17/h7,10,13,16H,3-6,8-9,11-12H2,1-2H3. The van der Waals surface area contributed by atoms with Gasteiger partial charge in [0.1, 0.15) is 0 Å². The van der Waals surface area contributed by atoms with E-state index in [4.69, 9.17) is 0 Å². The Labute approximate surface area is 132 Å². The van der Waals surface area contributed by atoms with E-state index in [1.807, 2.05) is 5.38 Å². The zero-order valence-corrected chi connectivity index (χ0v) is 14.6. The van der Waals surface area contributed by atoms with Crippen LogP contribution in [0.2, 0.25) is 0 Å². The highest BCUT2D eigenvalue weighted by molar-refractivity contribution is 7.89. The van der Waals surface area contributed by atoms with Crippen LogP contribution >= 0.6 is 11.3 Å². The molecule has 1 N–H and O–H groups in total. The number of piperidine rings is 1. The van der Waals surface area contributed by atoms with Crippen LogP contribution in [-0.4, -0.2) is 32.4 Å². The molecule has 4 nitrogen and oxygen atoms in total. The lowest BCUT2D eigenvalue weighted by atomic mass is 9.97. The SMILES string of the molecule is CCCNCc1sccc1S(=O)(=O)N1CCCC(CC)C1. The second kappa shape index (κ2) is 7.72. The van der Waals surface area contributed by atoms with Gasteiger partial charge >= 0.3 is 0 Å². The highest BCUT2D eigenvalue weighted by Gasteiger charge is 2.31. The van der Waals surface area contributed by atoms with Crippen LogP contribution in [0.1, 0.15) is 44.4 Å². The molecular weight excluding hydrogens is 304 g/mol. The molecular formula is C15H26N2O2S2. The molecule has 1 saturated heterocycles. The third-order valence-corrected chi connectivity index (χ3v) is 7.09. The predicted molar refractivity (Wildman–Crippen MR) is 88.1 cm³/mol. The summed E-state index contributed by atoms with van der Waals surface area (Å²) in [7, 11) is -3.33. The Morgan fingerprint density at radius 1 is 1.43 bits per heavy atom. The summed E-state index contributed by atoms with van der Waals surface area (Å²) in [5, 5.41) is 5.19. The van der Waals surface area contributed by atoms with Crippen molar-refractivity contribution in [2.75, 3.05) is 19.6 Å². The van der Waals surface area contributed by atoms with Crippen LogP contribution in [0.4, 0.5) is 0 Å². The first-order valence-electron chi connectivity index (χ1n) is 7.86. The summed E-state index contributed by atoms with van der Waals surface area (Å²) in [5.41, 5.74) is 0. The largest absolute Gasteiger partial charge is 0.312 e. The summed E-state index contributed by atoms with van der Waals surface area (Å²) >= 11 is 1.53. The average molecular weight is 331 g/mol. The van der Waals surface area contributed by atoms with Gasteiger partial charge in [-0.15, -0.1) is 11.3 Å². The van der Waals surface area contributed by atoms with Gasteiger partial charge in [0, 0.05) is 24.5 Å². The van der Waals surface area contributed by atoms with Crippen molar-refractivity contribution in [2.24, 2.45) is 5.92 Å². The number of nitrogens with zero attached hydrogens (tertiary/aromatic N) is 1. The zero-order chi connectivity index (χ0) is 15.3. The van der Waals surface area contributed by atoms with Crippen molar-refractivity contribution in [3.8, 4) is 0 Å². The van der Waals surface area contributed by atoms with Gasteiger partial charge < -0.3 is 5.32 Å². The fourth-order valence-corrected chi connectivity index (χ4v) is 5.72. The molecule has 120 valence electrons. The molecule has 0 aromatic carbocycles. The predicted octanol–water partition coefficient (Wildman–Crippen LogP) is 3.06. The van der Waals surface area contributed by atoms with Crippen molar-refractivity contribution in [3.63, 3.8) is 0 Å². The van der Waals surface area contributed by atoms with Gasteiger partial charge in [0.05, 0.1) is 4.90 Å². The monoisotopic (exact) mass is 330 g/mol. The maximum Gasteiger partial charge on any atom is 0.244 e. The minimum atomic E-state index is -3.33. The Morgan fingerprint density at radius 2 is 2.24 bits per heavy atom. The Kier molecular flexibility index (Phi) is 6.22. The van der Waals surface area contributed by atoms with Crippen molar-refractivity contribution in [3.05, 3.63) is 16.3 Å². The second-order valence-corrected chi connectivity index (χ2v) is 8.57. The summed E-state index contributed by atoms with van der Waals surface area (Å²) in [6.45, 7) is 7.15. The quantitative estimate of drug-likeness (QED) is 0.782. The highest BCUT2D eigenvalue weighted by Crippen LogP contribution is 2.29. The van der Waals surface area contributed by atoms with Crippen LogP contribution in [0.15, 0.2) is 16.3 Å². The molecule has 1 atom stereocenters. The van der Waals surface area contributed by atoms with E-state index in [-0.39, 0.29) is 0 Å². The van der Waals surface area contributed by atoms with Crippen molar-refractivity contribution in [2.45, 2.75) is 51.0 Å². The zero-order valence-electron chi connectivity index (χ0n) is 13.0. The second-order valence-electron chi connectivity index (χ2n) is 5.66. The minimum absolute atomic E-state index is 0.507. The Bertz CT molecular complexity index is 540. The molecule has 1 fully saturated rings. The van der Waals surface area contributed by atoms with Gasteiger partial charge in [0.25, 0.3) is 0 Å². The number of thiophene rings is 1. The molecule has 1 unspecified atom stereocenters. The Balaban J connectivity index is 2.14. The van der Waals surface area contributed by atoms with Crippen molar-refractivity contribution >= 4 is 21.4 Å². The van der Waals surface area contributed by atoms with Crippen LogP contribution in [0.25, 0.3) is 0 Å². The van der Waals surface area contributed by atoms with Crippen LogP contribution < -0.4 is 5.32 Å². The van der Waals surface area contributed by atoms with E-state index < -0.39 is 10.0 Å². The number of sulfonamides is 1. The lowest BCUT2D eigenvalue weighted by Crippen LogP contribution is -2.39. The van der Waals surface area contributed by atoms with E-state index in [1.54, 1.807) is 10.4 Å². The molecule has 0 radical (unpaired) electrons. The number of rotatable bonds is 7. The van der Waals surface area contributed by atoms with Gasteiger partial charge in [-0.2, -0.15) is 4.31 Å². The van der Waals surface area contributed by atoms with Crippen LogP contribution in [0.5, 0.6) is 0 Å². The van der Waals surface area contributed by atoms with Crippen molar-refractivity contribution in [1.82, 2.24) is 9.62 Å². The number of hydrogen-bond donors (Lipinski definition) is 1. The molecule has 6 heteroatoms. The molecule has 1 aromatic heterocycles. The third kappa shape index (κ3) is 4.06. The fraction of sp³-hybridized carbons (Fsp3) is 0.733. The maximum atomic E-state index is 12.9. The minimum Gasteiger partial charge on any atom is -0.312 e. The molecule has 0 amide bonds. The van der Waals surface area contributed by atoms with Gasteiger partial charge in [0.2, 0.25) is 10.0 Å². The molecule has 2 rings (SSSR count). The molecule has 2 heterocycles. The maximum absolute atomic E-state index is 12.9. The smallest absolute Gasteiger partial charge is 0.244 e. The van der Waals surface area contributed by atoms with E-state index in [9.17, 15) is 8.42 Å². The summed E-state index contributed by atoms with van der Waals surface area (Å²) in [6.07, 6.45) is 4.24. The first kappa shape index (κ1) is 16.9. The Hall–Kier alpha value is -0.430. The van der Waals surface area contributed by atoms with Crippen LogP contribution in [-0.2, 0) is 16.6 Å². The van der Waals surface area contributed by atoms with Crippen molar-refractivity contribution in [1.29, 1.82) is 0 Å². The van der Waals surface area contributed by atoms with Gasteiger partial charge in [-0.3, -0.25) is 0 Å². The first-order chi connectivity index (χ1) is 10.1. The molecule has 21 heavy (non-hydrogen) atoms. The fourth-order valence-electron chi connectivity index (χ4n) is 2.78. The summed E-state index contributed by atoms with van der Waals surface area (Å²) < 4.78 is 27.4. The van der Waals surface area contributed by atoms with E-state index in [1.165, 1.54) is 11.3 Å². The van der Waals surface area contributed by atoms with Gasteiger partial charge in [0.15, 0.2) is 0 Å². The summed E-state index contributed by atoms with van der Waals surface area (Å²) in [4.78, 5) is 1.44. The van der Waals surface area contributed by atoms with E-state index in [0.717, 1.165) is 37.1 Å². The van der Waals surface area contributed by atoms with Gasteiger partial charge in [-0.25, -0.2) is 8.42 Å². The van der Waals surface area contributed by atoms with E-state index in [0.29, 0.717) is 30.4 Å². The molecule has 0 aliphatic carbocycles. The molecule has 1 aliphatic heterocycles. The van der Waals surface area contributed by atoms with Crippen LogP contribution in [0, 0.1) is 5.92 Å². The number of nitrogens with one attached hydrogen (secondary N) is 1. The molecule has 1 aliphatic rings. The molecule has 0 saturated carbocycles. The topological polar surface area (TPSA) is 49.4 Å². The first-order valence-corrected chi connectivity index (χ1v) is 10.2. The van der Waals surface area contributed by atoms with Gasteiger partial charge in [-0.05, 0) is 43.2 Å². The lowest BCUT2D eigenvalue weighted by molar-refractivity contribution is 0.261. The van der Waals surface area contributed by atoms with E-state index >= 15 is 0 Å².